The van der Waals surface area contributed by atoms with Gasteiger partial charge in [-0.25, -0.2) is 4.39 Å². The Balaban J connectivity index is 1.71. The van der Waals surface area contributed by atoms with Crippen LogP contribution in [0.5, 0.6) is 0 Å². The van der Waals surface area contributed by atoms with Crippen LogP contribution in [0.25, 0.3) is 5.69 Å². The van der Waals surface area contributed by atoms with Crippen molar-refractivity contribution in [2.24, 2.45) is 0 Å². The third kappa shape index (κ3) is 3.92. The van der Waals surface area contributed by atoms with E-state index in [4.69, 9.17) is 12.2 Å². The first-order valence-corrected chi connectivity index (χ1v) is 12.2. The van der Waals surface area contributed by atoms with Crippen LogP contribution in [0.4, 0.5) is 10.1 Å². The molecule has 178 valence electrons. The average Bonchev–Trinajstić information content (AvgIpc) is 3.33. The fourth-order valence-corrected chi connectivity index (χ4v) is 5.51. The molecule has 35 heavy (non-hydrogen) atoms. The Morgan fingerprint density at radius 1 is 0.914 bits per heavy atom. The highest BCUT2D eigenvalue weighted by molar-refractivity contribution is 7.80. The van der Waals surface area contributed by atoms with E-state index in [1.807, 2.05) is 24.3 Å². The van der Waals surface area contributed by atoms with Crippen molar-refractivity contribution in [1.29, 1.82) is 0 Å². The van der Waals surface area contributed by atoms with Gasteiger partial charge in [0.1, 0.15) is 5.82 Å². The Morgan fingerprint density at radius 3 is 2.43 bits per heavy atom. The van der Waals surface area contributed by atoms with Gasteiger partial charge in [0, 0.05) is 29.0 Å². The molecule has 3 heterocycles. The summed E-state index contributed by atoms with van der Waals surface area (Å²) >= 11 is 5.85. The second-order valence-electron chi connectivity index (χ2n) is 9.31. The van der Waals surface area contributed by atoms with E-state index in [1.165, 1.54) is 22.9 Å². The van der Waals surface area contributed by atoms with Crippen molar-refractivity contribution in [3.05, 3.63) is 112 Å². The number of thiocarbonyl (C=S) groups is 1. The largest absolute Gasteiger partial charge is 0.351 e. The van der Waals surface area contributed by atoms with Gasteiger partial charge < -0.3 is 14.8 Å². The van der Waals surface area contributed by atoms with E-state index in [9.17, 15) is 4.39 Å². The van der Waals surface area contributed by atoms with Crippen LogP contribution in [0.3, 0.4) is 0 Å². The van der Waals surface area contributed by atoms with Crippen LogP contribution in [0.1, 0.15) is 51.4 Å². The summed E-state index contributed by atoms with van der Waals surface area (Å²) in [6.45, 7) is 10.4. The van der Waals surface area contributed by atoms with Gasteiger partial charge in [-0.3, -0.25) is 4.98 Å². The molecule has 0 amide bonds. The van der Waals surface area contributed by atoms with E-state index in [-0.39, 0.29) is 17.9 Å². The lowest BCUT2D eigenvalue weighted by atomic mass is 9.96. The molecule has 4 aromatic rings. The molecule has 0 bridgehead atoms. The van der Waals surface area contributed by atoms with Gasteiger partial charge in [-0.05, 0) is 112 Å². The first kappa shape index (κ1) is 23.2. The summed E-state index contributed by atoms with van der Waals surface area (Å²) in [4.78, 5) is 6.77. The molecule has 6 heteroatoms. The fraction of sp³-hybridized carbons (Fsp3) is 0.241. The molecule has 2 aromatic heterocycles. The molecule has 0 spiro atoms. The number of halogens is 1. The number of anilines is 1. The van der Waals surface area contributed by atoms with Gasteiger partial charge in [0.05, 0.1) is 17.8 Å². The minimum Gasteiger partial charge on any atom is -0.351 e. The monoisotopic (exact) mass is 484 g/mol. The SMILES string of the molecule is Cc1cc(N2C(=S)N[C@@H](c3ccccn3)[C@@H]2c2cc(C)n(-c3cccc(C)c3C)c2C)ccc1F. The molecule has 2 aromatic carbocycles. The zero-order valence-corrected chi connectivity index (χ0v) is 21.4. The summed E-state index contributed by atoms with van der Waals surface area (Å²) in [7, 11) is 0. The number of pyridine rings is 1. The zero-order chi connectivity index (χ0) is 24.9. The van der Waals surface area contributed by atoms with Crippen LogP contribution < -0.4 is 10.2 Å². The molecule has 1 N–H and O–H groups in total. The minimum absolute atomic E-state index is 0.146. The minimum atomic E-state index is -0.224. The van der Waals surface area contributed by atoms with Crippen molar-refractivity contribution in [2.45, 2.75) is 46.7 Å². The van der Waals surface area contributed by atoms with Crippen molar-refractivity contribution in [3.63, 3.8) is 0 Å². The first-order valence-electron chi connectivity index (χ1n) is 11.8. The van der Waals surface area contributed by atoms with Gasteiger partial charge in [0.2, 0.25) is 0 Å². The molecule has 0 radical (unpaired) electrons. The number of benzene rings is 2. The highest BCUT2D eigenvalue weighted by Gasteiger charge is 2.42. The van der Waals surface area contributed by atoms with Crippen LogP contribution in [0.15, 0.2) is 66.9 Å². The molecule has 1 fully saturated rings. The number of aryl methyl sites for hydroxylation is 3. The number of hydrogen-bond donors (Lipinski definition) is 1. The quantitative estimate of drug-likeness (QED) is 0.326. The molecule has 2 atom stereocenters. The van der Waals surface area contributed by atoms with Gasteiger partial charge in [0.15, 0.2) is 5.11 Å². The number of aromatic nitrogens is 2. The third-order valence-corrected chi connectivity index (χ3v) is 7.44. The van der Waals surface area contributed by atoms with Gasteiger partial charge in [0.25, 0.3) is 0 Å². The van der Waals surface area contributed by atoms with Crippen LogP contribution in [-0.4, -0.2) is 14.7 Å². The van der Waals surface area contributed by atoms with Crippen LogP contribution >= 0.6 is 12.2 Å². The Hall–Kier alpha value is -3.51. The number of nitrogens with zero attached hydrogens (tertiary/aromatic N) is 3. The van der Waals surface area contributed by atoms with Gasteiger partial charge in [-0.15, -0.1) is 0 Å². The molecule has 0 saturated carbocycles. The van der Waals surface area contributed by atoms with E-state index in [0.29, 0.717) is 10.7 Å². The van der Waals surface area contributed by atoms with Crippen molar-refractivity contribution in [2.75, 3.05) is 4.90 Å². The zero-order valence-electron chi connectivity index (χ0n) is 20.6. The summed E-state index contributed by atoms with van der Waals surface area (Å²) < 4.78 is 16.5. The van der Waals surface area contributed by atoms with E-state index < -0.39 is 0 Å². The second-order valence-corrected chi connectivity index (χ2v) is 9.70. The van der Waals surface area contributed by atoms with Crippen molar-refractivity contribution >= 4 is 23.0 Å². The van der Waals surface area contributed by atoms with Gasteiger partial charge >= 0.3 is 0 Å². The summed E-state index contributed by atoms with van der Waals surface area (Å²) in [5.41, 5.74) is 9.52. The molecule has 1 aliphatic rings. The predicted molar refractivity (Wildman–Crippen MR) is 144 cm³/mol. The number of nitrogens with one attached hydrogen (secondary N) is 1. The highest BCUT2D eigenvalue weighted by atomic mass is 32.1. The molecule has 5 rings (SSSR count). The Bertz CT molecular complexity index is 1430. The third-order valence-electron chi connectivity index (χ3n) is 7.12. The Labute approximate surface area is 211 Å². The highest BCUT2D eigenvalue weighted by Crippen LogP contribution is 2.44. The van der Waals surface area contributed by atoms with Crippen molar-refractivity contribution in [3.8, 4) is 5.69 Å². The normalized spacial score (nSPS) is 17.7. The van der Waals surface area contributed by atoms with Gasteiger partial charge in [-0.1, -0.05) is 18.2 Å². The van der Waals surface area contributed by atoms with E-state index in [2.05, 4.69) is 71.7 Å². The van der Waals surface area contributed by atoms with Crippen LogP contribution in [0, 0.1) is 40.4 Å². The molecule has 0 unspecified atom stereocenters. The lowest BCUT2D eigenvalue weighted by Crippen LogP contribution is -2.29. The molecule has 1 saturated heterocycles. The standard InChI is InChI=1S/C29H29FN4S/c1-17-9-8-11-26(20(17)4)33-19(3)16-23(21(33)5)28-27(25-10-6-7-14-31-25)32-29(35)34(28)22-12-13-24(30)18(2)15-22/h6-16,27-28H,1-5H3,(H,32,35)/t27-,28-/m0/s1. The van der Waals surface area contributed by atoms with E-state index >= 15 is 0 Å². The molecule has 0 aliphatic carbocycles. The summed E-state index contributed by atoms with van der Waals surface area (Å²) in [6.07, 6.45) is 1.81. The maximum absolute atomic E-state index is 14.1. The van der Waals surface area contributed by atoms with Crippen LogP contribution in [0.2, 0.25) is 0 Å². The topological polar surface area (TPSA) is 33.1 Å². The van der Waals surface area contributed by atoms with Gasteiger partial charge in [-0.2, -0.15) is 0 Å². The Kier molecular flexibility index (Phi) is 5.93. The maximum Gasteiger partial charge on any atom is 0.174 e. The summed E-state index contributed by atoms with van der Waals surface area (Å²) in [5.74, 6) is -0.224. The van der Waals surface area contributed by atoms with E-state index in [1.54, 1.807) is 19.2 Å². The summed E-state index contributed by atoms with van der Waals surface area (Å²) in [6, 6.07) is 19.5. The average molecular weight is 485 g/mol. The predicted octanol–water partition coefficient (Wildman–Crippen LogP) is 6.73. The molecular formula is C29H29FN4S. The molecular weight excluding hydrogens is 455 g/mol. The Morgan fingerprint density at radius 2 is 1.71 bits per heavy atom. The maximum atomic E-state index is 14.1. The number of hydrogen-bond acceptors (Lipinski definition) is 2. The lowest BCUT2D eigenvalue weighted by molar-refractivity contribution is 0.564. The van der Waals surface area contributed by atoms with Crippen molar-refractivity contribution < 1.29 is 4.39 Å². The molecule has 1 aliphatic heterocycles. The fourth-order valence-electron chi connectivity index (χ4n) is 5.16. The second kappa shape index (κ2) is 8.93. The van der Waals surface area contributed by atoms with Crippen molar-refractivity contribution in [1.82, 2.24) is 14.9 Å². The van der Waals surface area contributed by atoms with E-state index in [0.717, 1.165) is 28.3 Å². The number of rotatable bonds is 4. The summed E-state index contributed by atoms with van der Waals surface area (Å²) in [5, 5.41) is 4.11. The lowest BCUT2D eigenvalue weighted by Gasteiger charge is -2.28. The van der Waals surface area contributed by atoms with Crippen LogP contribution in [-0.2, 0) is 0 Å². The smallest absolute Gasteiger partial charge is 0.174 e. The first-order chi connectivity index (χ1) is 16.8. The molecule has 4 nitrogen and oxygen atoms in total.